The average molecular weight is 270 g/mol. The van der Waals surface area contributed by atoms with E-state index < -0.39 is 0 Å². The van der Waals surface area contributed by atoms with Gasteiger partial charge in [-0.2, -0.15) is 0 Å². The van der Waals surface area contributed by atoms with Gasteiger partial charge >= 0.3 is 0 Å². The largest absolute Gasteiger partial charge is 0.344 e. The van der Waals surface area contributed by atoms with Crippen molar-refractivity contribution in [2.45, 2.75) is 53.9 Å². The molecule has 0 aliphatic heterocycles. The normalized spacial score (nSPS) is 14.5. The number of nitrogens with one attached hydrogen (secondary N) is 1. The van der Waals surface area contributed by atoms with Crippen LogP contribution in [0.1, 0.15) is 53.9 Å². The number of carbonyl (C=O) groups excluding carboxylic acids is 1. The van der Waals surface area contributed by atoms with Crippen LogP contribution in [0.2, 0.25) is 0 Å². The molecule has 0 aliphatic rings. The Balaban J connectivity index is 3.87. The molecule has 0 unspecified atom stereocenters. The number of likely N-dealkylation sites (N-methyl/N-ethyl adjacent to an activating group) is 1. The molecule has 0 bridgehead atoms. The highest BCUT2D eigenvalue weighted by molar-refractivity contribution is 5.76. The van der Waals surface area contributed by atoms with Crippen LogP contribution in [-0.4, -0.2) is 37.5 Å². The summed E-state index contributed by atoms with van der Waals surface area (Å²) >= 11 is 0. The molecule has 0 radical (unpaired) electrons. The minimum atomic E-state index is 0.279. The highest BCUT2D eigenvalue weighted by atomic mass is 16.2. The number of amides is 1. The third kappa shape index (κ3) is 9.04. The molecule has 2 atom stereocenters. The Morgan fingerprint density at radius 2 is 1.79 bits per heavy atom. The highest BCUT2D eigenvalue weighted by Gasteiger charge is 2.17. The van der Waals surface area contributed by atoms with Crippen LogP contribution < -0.4 is 5.32 Å². The van der Waals surface area contributed by atoms with Gasteiger partial charge in [0.2, 0.25) is 5.91 Å². The molecular weight excluding hydrogens is 236 g/mol. The summed E-state index contributed by atoms with van der Waals surface area (Å²) in [6, 6.07) is 0. The lowest BCUT2D eigenvalue weighted by molar-refractivity contribution is -0.130. The molecule has 0 rings (SSSR count). The van der Waals surface area contributed by atoms with Crippen LogP contribution in [0.4, 0.5) is 0 Å². The summed E-state index contributed by atoms with van der Waals surface area (Å²) < 4.78 is 0. The molecule has 114 valence electrons. The number of carbonyl (C=O) groups is 1. The van der Waals surface area contributed by atoms with Gasteiger partial charge in [-0.05, 0) is 37.1 Å². The van der Waals surface area contributed by atoms with E-state index in [4.69, 9.17) is 0 Å². The van der Waals surface area contributed by atoms with E-state index in [1.54, 1.807) is 0 Å². The Kier molecular flexibility index (Phi) is 9.94. The van der Waals surface area contributed by atoms with Gasteiger partial charge < -0.3 is 10.2 Å². The number of rotatable bonds is 10. The van der Waals surface area contributed by atoms with Crippen LogP contribution in [0, 0.1) is 17.8 Å². The van der Waals surface area contributed by atoms with E-state index in [1.165, 1.54) is 0 Å². The minimum Gasteiger partial charge on any atom is -0.344 e. The minimum absolute atomic E-state index is 0.279. The molecule has 0 saturated heterocycles. The zero-order chi connectivity index (χ0) is 14.8. The molecule has 3 nitrogen and oxygen atoms in total. The van der Waals surface area contributed by atoms with Crippen molar-refractivity contribution in [2.24, 2.45) is 17.8 Å². The van der Waals surface area contributed by atoms with Crippen molar-refractivity contribution in [3.05, 3.63) is 0 Å². The molecule has 0 aliphatic carbocycles. The van der Waals surface area contributed by atoms with E-state index >= 15 is 0 Å². The van der Waals surface area contributed by atoms with Gasteiger partial charge in [0.1, 0.15) is 0 Å². The second-order valence-corrected chi connectivity index (χ2v) is 6.33. The van der Waals surface area contributed by atoms with E-state index in [0.29, 0.717) is 24.2 Å². The van der Waals surface area contributed by atoms with Crippen molar-refractivity contribution >= 4 is 5.91 Å². The van der Waals surface area contributed by atoms with Gasteiger partial charge in [-0.1, -0.05) is 34.6 Å². The number of hydrogen-bond donors (Lipinski definition) is 1. The van der Waals surface area contributed by atoms with E-state index in [2.05, 4.69) is 39.9 Å². The first kappa shape index (κ1) is 18.4. The summed E-state index contributed by atoms with van der Waals surface area (Å²) in [6.45, 7) is 13.9. The maximum atomic E-state index is 12.1. The van der Waals surface area contributed by atoms with Gasteiger partial charge in [0.15, 0.2) is 0 Å². The second-order valence-electron chi connectivity index (χ2n) is 6.33. The molecule has 0 heterocycles. The van der Waals surface area contributed by atoms with Crippen LogP contribution in [0.25, 0.3) is 0 Å². The molecule has 0 spiro atoms. The second kappa shape index (κ2) is 10.2. The molecular formula is C16H34N2O. The van der Waals surface area contributed by atoms with Gasteiger partial charge in [0.05, 0.1) is 0 Å². The molecule has 0 aromatic heterocycles. The lowest BCUT2D eigenvalue weighted by atomic mass is 9.87. The monoisotopic (exact) mass is 270 g/mol. The third-order valence-electron chi connectivity index (χ3n) is 3.91. The van der Waals surface area contributed by atoms with Gasteiger partial charge in [-0.15, -0.1) is 0 Å². The molecule has 0 saturated carbocycles. The van der Waals surface area contributed by atoms with Crippen molar-refractivity contribution in [2.75, 3.05) is 26.7 Å². The van der Waals surface area contributed by atoms with E-state index in [0.717, 1.165) is 32.5 Å². The Morgan fingerprint density at radius 1 is 1.16 bits per heavy atom. The van der Waals surface area contributed by atoms with Crippen LogP contribution in [0.15, 0.2) is 0 Å². The first-order chi connectivity index (χ1) is 8.88. The van der Waals surface area contributed by atoms with Crippen LogP contribution in [-0.2, 0) is 4.79 Å². The molecule has 1 amide bonds. The Bertz CT molecular complexity index is 241. The predicted octanol–water partition coefficient (Wildman–Crippen LogP) is 3.15. The Hall–Kier alpha value is -0.570. The maximum Gasteiger partial charge on any atom is 0.222 e. The third-order valence-corrected chi connectivity index (χ3v) is 3.91. The van der Waals surface area contributed by atoms with E-state index in [-0.39, 0.29) is 5.91 Å². The zero-order valence-corrected chi connectivity index (χ0v) is 13.8. The summed E-state index contributed by atoms with van der Waals surface area (Å²) in [6.07, 6.45) is 2.97. The topological polar surface area (TPSA) is 32.3 Å². The lowest BCUT2D eigenvalue weighted by Crippen LogP contribution is -2.34. The van der Waals surface area contributed by atoms with Crippen molar-refractivity contribution in [3.8, 4) is 0 Å². The maximum absolute atomic E-state index is 12.1. The van der Waals surface area contributed by atoms with Gasteiger partial charge in [0.25, 0.3) is 0 Å². The summed E-state index contributed by atoms with van der Waals surface area (Å²) in [4.78, 5) is 13.9. The van der Waals surface area contributed by atoms with Crippen LogP contribution in [0.3, 0.4) is 0 Å². The highest BCUT2D eigenvalue weighted by Crippen LogP contribution is 2.21. The molecule has 19 heavy (non-hydrogen) atoms. The van der Waals surface area contributed by atoms with Crippen molar-refractivity contribution < 1.29 is 4.79 Å². The van der Waals surface area contributed by atoms with Gasteiger partial charge in [0, 0.05) is 26.6 Å². The quantitative estimate of drug-likeness (QED) is 0.619. The molecule has 3 heteroatoms. The van der Waals surface area contributed by atoms with Gasteiger partial charge in [-0.3, -0.25) is 4.79 Å². The van der Waals surface area contributed by atoms with Crippen molar-refractivity contribution in [3.63, 3.8) is 0 Å². The van der Waals surface area contributed by atoms with E-state index in [9.17, 15) is 4.79 Å². The average Bonchev–Trinajstić information content (AvgIpc) is 2.33. The fraction of sp³-hybridized carbons (Fsp3) is 0.938. The first-order valence-electron chi connectivity index (χ1n) is 7.83. The fourth-order valence-corrected chi connectivity index (χ4v) is 2.12. The summed E-state index contributed by atoms with van der Waals surface area (Å²) in [7, 11) is 1.91. The van der Waals surface area contributed by atoms with E-state index in [1.807, 2.05) is 11.9 Å². The van der Waals surface area contributed by atoms with Crippen LogP contribution >= 0.6 is 0 Å². The summed E-state index contributed by atoms with van der Waals surface area (Å²) in [5, 5.41) is 3.33. The Morgan fingerprint density at radius 3 is 2.32 bits per heavy atom. The molecule has 0 aromatic carbocycles. The van der Waals surface area contributed by atoms with Gasteiger partial charge in [-0.25, -0.2) is 0 Å². The van der Waals surface area contributed by atoms with Crippen molar-refractivity contribution in [1.82, 2.24) is 10.2 Å². The molecule has 0 aromatic rings. The zero-order valence-electron chi connectivity index (χ0n) is 13.8. The Labute approximate surface area is 120 Å². The van der Waals surface area contributed by atoms with Crippen LogP contribution in [0.5, 0.6) is 0 Å². The summed E-state index contributed by atoms with van der Waals surface area (Å²) in [5.74, 6) is 2.16. The fourth-order valence-electron chi connectivity index (χ4n) is 2.12. The molecule has 0 fully saturated rings. The smallest absolute Gasteiger partial charge is 0.222 e. The standard InChI is InChI=1S/C16H34N2O/c1-7-8-17-9-10-18(6)16(19)12-14(4)11-15(5)13(2)3/h13-15,17H,7-12H2,1-6H3/t14-,15-/m0/s1. The SMILES string of the molecule is CCCNCCN(C)C(=O)C[C@@H](C)C[C@H](C)C(C)C. The predicted molar refractivity (Wildman–Crippen MR) is 83.2 cm³/mol. The summed E-state index contributed by atoms with van der Waals surface area (Å²) in [5.41, 5.74) is 0. The first-order valence-corrected chi connectivity index (χ1v) is 7.83. The van der Waals surface area contributed by atoms with Crippen molar-refractivity contribution in [1.29, 1.82) is 0 Å². The number of hydrogen-bond acceptors (Lipinski definition) is 2. The number of nitrogens with zero attached hydrogens (tertiary/aromatic N) is 1. The molecule has 1 N–H and O–H groups in total. The lowest BCUT2D eigenvalue weighted by Gasteiger charge is -2.23.